The average Bonchev–Trinajstić information content (AvgIpc) is 2.77. The van der Waals surface area contributed by atoms with E-state index in [-0.39, 0.29) is 12.0 Å². The molecule has 32 heavy (non-hydrogen) atoms. The number of nitriles is 1. The molecule has 0 amide bonds. The van der Waals surface area contributed by atoms with Crippen molar-refractivity contribution in [3.8, 4) is 17.6 Å². The zero-order valence-electron chi connectivity index (χ0n) is 19.9. The molecule has 1 aromatic carbocycles. The Bertz CT molecular complexity index is 727. The molecule has 1 aliphatic rings. The van der Waals surface area contributed by atoms with Gasteiger partial charge in [-0.05, 0) is 75.6 Å². The third-order valence-electron chi connectivity index (χ3n) is 6.36. The highest BCUT2D eigenvalue weighted by Crippen LogP contribution is 2.37. The van der Waals surface area contributed by atoms with Crippen LogP contribution in [0.3, 0.4) is 0 Å². The molecule has 1 unspecified atom stereocenters. The van der Waals surface area contributed by atoms with E-state index in [0.717, 1.165) is 69.3 Å². The van der Waals surface area contributed by atoms with Gasteiger partial charge in [0.15, 0.2) is 0 Å². The minimum Gasteiger partial charge on any atom is -0.494 e. The average molecular weight is 444 g/mol. The van der Waals surface area contributed by atoms with E-state index >= 15 is 0 Å². The lowest BCUT2D eigenvalue weighted by Crippen LogP contribution is -2.36. The molecule has 5 nitrogen and oxygen atoms in total. The monoisotopic (exact) mass is 443 g/mol. The predicted molar refractivity (Wildman–Crippen MR) is 127 cm³/mol. The van der Waals surface area contributed by atoms with E-state index < -0.39 is 5.97 Å². The fourth-order valence-electron chi connectivity index (χ4n) is 4.34. The SMILES string of the molecule is CC1(CCCCCCCCC#N)CCc2cc(OCCCCCCCC(=O)O)ccc2O1. The van der Waals surface area contributed by atoms with Crippen LogP contribution in [0, 0.1) is 11.3 Å². The predicted octanol–water partition coefficient (Wildman–Crippen LogP) is 7.22. The van der Waals surface area contributed by atoms with Gasteiger partial charge in [0.25, 0.3) is 0 Å². The van der Waals surface area contributed by atoms with Crippen molar-refractivity contribution in [1.29, 1.82) is 5.26 Å². The van der Waals surface area contributed by atoms with Crippen LogP contribution in [0.1, 0.15) is 109 Å². The largest absolute Gasteiger partial charge is 0.494 e. The van der Waals surface area contributed by atoms with Gasteiger partial charge in [0.05, 0.1) is 12.7 Å². The lowest BCUT2D eigenvalue weighted by molar-refractivity contribution is -0.137. The standard InChI is InChI=1S/C27H41NO4/c1-27(18-11-7-3-2-4-8-12-20-28)19-17-23-22-24(15-16-25(23)32-27)31-21-13-9-5-6-10-14-26(29)30/h15-16,22H,2-14,17-19,21H2,1H3,(H,29,30). The molecule has 0 bridgehead atoms. The highest BCUT2D eigenvalue weighted by molar-refractivity contribution is 5.66. The summed E-state index contributed by atoms with van der Waals surface area (Å²) in [6.07, 6.45) is 16.1. The van der Waals surface area contributed by atoms with Crippen molar-refractivity contribution < 1.29 is 19.4 Å². The number of aliphatic carboxylic acids is 1. The molecule has 1 aliphatic heterocycles. The molecule has 1 heterocycles. The van der Waals surface area contributed by atoms with Crippen LogP contribution in [-0.2, 0) is 11.2 Å². The summed E-state index contributed by atoms with van der Waals surface area (Å²) in [6, 6.07) is 8.41. The van der Waals surface area contributed by atoms with Crippen LogP contribution in [0.4, 0.5) is 0 Å². The van der Waals surface area contributed by atoms with Crippen molar-refractivity contribution >= 4 is 5.97 Å². The lowest BCUT2D eigenvalue weighted by Gasteiger charge is -2.36. The van der Waals surface area contributed by atoms with Crippen LogP contribution in [0.2, 0.25) is 0 Å². The second kappa shape index (κ2) is 14.8. The van der Waals surface area contributed by atoms with E-state index in [1.807, 2.05) is 6.07 Å². The van der Waals surface area contributed by atoms with Gasteiger partial charge in [-0.2, -0.15) is 5.26 Å². The number of carboxylic acids is 1. The van der Waals surface area contributed by atoms with Gasteiger partial charge in [0, 0.05) is 12.8 Å². The first-order valence-electron chi connectivity index (χ1n) is 12.6. The topological polar surface area (TPSA) is 79.5 Å². The highest BCUT2D eigenvalue weighted by atomic mass is 16.5. The van der Waals surface area contributed by atoms with Gasteiger partial charge in [-0.25, -0.2) is 0 Å². The molecular weight excluding hydrogens is 402 g/mol. The van der Waals surface area contributed by atoms with Gasteiger partial charge in [-0.1, -0.05) is 44.9 Å². The number of carboxylic acid groups (broad SMARTS) is 1. The highest BCUT2D eigenvalue weighted by Gasteiger charge is 2.31. The van der Waals surface area contributed by atoms with E-state index in [1.165, 1.54) is 37.7 Å². The number of carbonyl (C=O) groups is 1. The molecule has 1 N–H and O–H groups in total. The number of fused-ring (bicyclic) bond motifs is 1. The van der Waals surface area contributed by atoms with Gasteiger partial charge >= 0.3 is 5.97 Å². The maximum Gasteiger partial charge on any atom is 0.303 e. The number of unbranched alkanes of at least 4 members (excludes halogenated alkanes) is 10. The van der Waals surface area contributed by atoms with Crippen LogP contribution in [0.15, 0.2) is 18.2 Å². The molecule has 1 aromatic rings. The Hall–Kier alpha value is -2.22. The van der Waals surface area contributed by atoms with Crippen LogP contribution < -0.4 is 9.47 Å². The molecule has 2 rings (SSSR count). The van der Waals surface area contributed by atoms with E-state index in [0.29, 0.717) is 13.0 Å². The number of rotatable bonds is 17. The van der Waals surface area contributed by atoms with Gasteiger partial charge in [0.2, 0.25) is 0 Å². The maximum absolute atomic E-state index is 10.5. The third-order valence-corrected chi connectivity index (χ3v) is 6.36. The summed E-state index contributed by atoms with van der Waals surface area (Å²) in [5.41, 5.74) is 1.17. The Morgan fingerprint density at radius 3 is 2.50 bits per heavy atom. The summed E-state index contributed by atoms with van der Waals surface area (Å²) in [5.74, 6) is 1.21. The molecule has 178 valence electrons. The second-order valence-corrected chi connectivity index (χ2v) is 9.36. The van der Waals surface area contributed by atoms with Crippen LogP contribution in [0.25, 0.3) is 0 Å². The number of ether oxygens (including phenoxy) is 2. The van der Waals surface area contributed by atoms with Crippen molar-refractivity contribution in [2.45, 2.75) is 115 Å². The lowest BCUT2D eigenvalue weighted by atomic mass is 9.88. The Morgan fingerprint density at radius 1 is 1.06 bits per heavy atom. The van der Waals surface area contributed by atoms with Crippen molar-refractivity contribution in [3.63, 3.8) is 0 Å². The summed E-state index contributed by atoms with van der Waals surface area (Å²) >= 11 is 0. The minimum absolute atomic E-state index is 0.0726. The van der Waals surface area contributed by atoms with E-state index in [1.54, 1.807) is 0 Å². The van der Waals surface area contributed by atoms with Gasteiger partial charge in [0.1, 0.15) is 17.1 Å². The van der Waals surface area contributed by atoms with Gasteiger partial charge < -0.3 is 14.6 Å². The van der Waals surface area contributed by atoms with Crippen LogP contribution >= 0.6 is 0 Å². The fourth-order valence-corrected chi connectivity index (χ4v) is 4.34. The number of hydrogen-bond acceptors (Lipinski definition) is 4. The smallest absolute Gasteiger partial charge is 0.303 e. The van der Waals surface area contributed by atoms with Gasteiger partial charge in [-0.3, -0.25) is 4.79 Å². The van der Waals surface area contributed by atoms with E-state index in [4.69, 9.17) is 19.8 Å². The van der Waals surface area contributed by atoms with E-state index in [9.17, 15) is 4.79 Å². The molecule has 0 aromatic heterocycles. The second-order valence-electron chi connectivity index (χ2n) is 9.36. The van der Waals surface area contributed by atoms with Crippen molar-refractivity contribution in [2.75, 3.05) is 6.61 Å². The Labute approximate surface area is 194 Å². The van der Waals surface area contributed by atoms with Crippen LogP contribution in [0.5, 0.6) is 11.5 Å². The zero-order valence-corrected chi connectivity index (χ0v) is 19.9. The number of benzene rings is 1. The Balaban J connectivity index is 1.62. The van der Waals surface area contributed by atoms with Crippen LogP contribution in [-0.4, -0.2) is 23.3 Å². The minimum atomic E-state index is -0.704. The molecule has 0 radical (unpaired) electrons. The van der Waals surface area contributed by atoms with Crippen molar-refractivity contribution in [2.24, 2.45) is 0 Å². The first-order chi connectivity index (χ1) is 15.5. The third kappa shape index (κ3) is 10.4. The summed E-state index contributed by atoms with van der Waals surface area (Å²) < 4.78 is 12.3. The molecule has 0 spiro atoms. The molecule has 0 aliphatic carbocycles. The first kappa shape index (κ1) is 26.0. The first-order valence-corrected chi connectivity index (χ1v) is 12.6. The molecule has 1 atom stereocenters. The zero-order chi connectivity index (χ0) is 23.1. The number of hydrogen-bond donors (Lipinski definition) is 1. The Morgan fingerprint density at radius 2 is 1.75 bits per heavy atom. The quantitative estimate of drug-likeness (QED) is 0.257. The molecule has 0 fully saturated rings. The molecule has 0 saturated heterocycles. The summed E-state index contributed by atoms with van der Waals surface area (Å²) in [4.78, 5) is 10.5. The summed E-state index contributed by atoms with van der Waals surface area (Å²) in [7, 11) is 0. The van der Waals surface area contributed by atoms with E-state index in [2.05, 4.69) is 25.1 Å². The van der Waals surface area contributed by atoms with Crippen molar-refractivity contribution in [3.05, 3.63) is 23.8 Å². The number of nitrogens with zero attached hydrogens (tertiary/aromatic N) is 1. The fraction of sp³-hybridized carbons (Fsp3) is 0.704. The summed E-state index contributed by atoms with van der Waals surface area (Å²) in [6.45, 7) is 2.94. The van der Waals surface area contributed by atoms with Gasteiger partial charge in [-0.15, -0.1) is 0 Å². The molecule has 0 saturated carbocycles. The molecular formula is C27H41NO4. The Kier molecular flexibility index (Phi) is 12.0. The van der Waals surface area contributed by atoms with Crippen molar-refractivity contribution in [1.82, 2.24) is 0 Å². The normalized spacial score (nSPS) is 17.2. The number of aryl methyl sites for hydroxylation is 1. The molecule has 5 heteroatoms. The maximum atomic E-state index is 10.5. The summed E-state index contributed by atoms with van der Waals surface area (Å²) in [5, 5.41) is 17.2.